The first kappa shape index (κ1) is 22.5. The molecule has 162 valence electrons. The molecule has 1 aromatic heterocycles. The van der Waals surface area contributed by atoms with Crippen LogP contribution in [0, 0.1) is 12.8 Å². The number of carbonyl (C=O) groups excluding carboxylic acids is 2. The minimum absolute atomic E-state index is 0.0204. The summed E-state index contributed by atoms with van der Waals surface area (Å²) in [5.74, 6) is 0.621. The number of hydrogen-bond donors (Lipinski definition) is 2. The third kappa shape index (κ3) is 7.22. The molecule has 0 spiro atoms. The first-order valence-corrected chi connectivity index (χ1v) is 11.1. The van der Waals surface area contributed by atoms with E-state index in [1.54, 1.807) is 0 Å². The van der Waals surface area contributed by atoms with Gasteiger partial charge in [-0.1, -0.05) is 43.7 Å². The number of aryl methyl sites for hydroxylation is 1. The lowest BCUT2D eigenvalue weighted by Crippen LogP contribution is -2.24. The topological polar surface area (TPSA) is 80.3 Å². The molecule has 0 aliphatic heterocycles. The van der Waals surface area contributed by atoms with Gasteiger partial charge in [0.05, 0.1) is 12.1 Å². The van der Waals surface area contributed by atoms with E-state index in [2.05, 4.69) is 15.6 Å². The van der Waals surface area contributed by atoms with Crippen molar-refractivity contribution < 1.29 is 14.3 Å². The molecular weight excluding hydrogens is 410 g/mol. The minimum atomic E-state index is -0.0894. The maximum Gasteiger partial charge on any atom is 0.226 e. The van der Waals surface area contributed by atoms with Crippen LogP contribution in [0.4, 0.5) is 5.69 Å². The van der Waals surface area contributed by atoms with Gasteiger partial charge in [0, 0.05) is 23.5 Å². The summed E-state index contributed by atoms with van der Waals surface area (Å²) >= 11 is 1.49. The Morgan fingerprint density at radius 1 is 1.06 bits per heavy atom. The van der Waals surface area contributed by atoms with Crippen LogP contribution in [0.25, 0.3) is 0 Å². The lowest BCUT2D eigenvalue weighted by Gasteiger charge is -2.09. The molecule has 6 nitrogen and oxygen atoms in total. The van der Waals surface area contributed by atoms with Crippen LogP contribution in [0.1, 0.15) is 35.7 Å². The molecule has 0 unspecified atom stereocenters. The molecule has 3 rings (SSSR count). The fraction of sp³-hybridized carbons (Fsp3) is 0.292. The summed E-state index contributed by atoms with van der Waals surface area (Å²) in [6.45, 7) is 6.54. The fourth-order valence-electron chi connectivity index (χ4n) is 2.70. The van der Waals surface area contributed by atoms with E-state index in [-0.39, 0.29) is 24.2 Å². The van der Waals surface area contributed by atoms with E-state index in [9.17, 15) is 9.59 Å². The number of aromatic nitrogens is 1. The number of ether oxygens (including phenoxy) is 1. The van der Waals surface area contributed by atoms with Crippen LogP contribution < -0.4 is 15.4 Å². The highest BCUT2D eigenvalue weighted by Gasteiger charge is 2.09. The maximum absolute atomic E-state index is 12.3. The molecule has 2 N–H and O–H groups in total. The number of amides is 2. The first-order valence-electron chi connectivity index (χ1n) is 10.2. The quantitative estimate of drug-likeness (QED) is 0.517. The lowest BCUT2D eigenvalue weighted by molar-refractivity contribution is -0.120. The average Bonchev–Trinajstić information content (AvgIpc) is 3.20. The van der Waals surface area contributed by atoms with Gasteiger partial charge >= 0.3 is 0 Å². The standard InChI is InChI=1S/C24H27N3O3S/c1-16(2)24(29)27-19-8-6-18(7-9-19)13-25-22(28)12-20-15-31-23(26-20)14-30-21-10-4-17(3)5-11-21/h4-11,15-16H,12-14H2,1-3H3,(H,25,28)(H,27,29). The predicted octanol–water partition coefficient (Wildman–Crippen LogP) is 4.48. The van der Waals surface area contributed by atoms with Crippen molar-refractivity contribution in [3.63, 3.8) is 0 Å². The average molecular weight is 438 g/mol. The van der Waals surface area contributed by atoms with E-state index in [4.69, 9.17) is 4.74 Å². The van der Waals surface area contributed by atoms with Crippen LogP contribution >= 0.6 is 11.3 Å². The Balaban J connectivity index is 1.42. The molecule has 0 atom stereocenters. The second-order valence-corrected chi connectivity index (χ2v) is 8.57. The Hall–Kier alpha value is -3.19. The number of rotatable bonds is 9. The first-order chi connectivity index (χ1) is 14.9. The monoisotopic (exact) mass is 437 g/mol. The SMILES string of the molecule is Cc1ccc(OCc2nc(CC(=O)NCc3ccc(NC(=O)C(C)C)cc3)cs2)cc1. The Morgan fingerprint density at radius 3 is 2.45 bits per heavy atom. The van der Waals surface area contributed by atoms with Crippen molar-refractivity contribution in [1.82, 2.24) is 10.3 Å². The number of carbonyl (C=O) groups is 2. The Kier molecular flexibility index (Phi) is 7.78. The molecular formula is C24H27N3O3S. The van der Waals surface area contributed by atoms with Crippen molar-refractivity contribution in [2.75, 3.05) is 5.32 Å². The summed E-state index contributed by atoms with van der Waals surface area (Å²) in [7, 11) is 0. The van der Waals surface area contributed by atoms with E-state index in [0.717, 1.165) is 27.7 Å². The van der Waals surface area contributed by atoms with Crippen molar-refractivity contribution in [3.8, 4) is 5.75 Å². The molecule has 0 radical (unpaired) electrons. The molecule has 0 aliphatic rings. The number of benzene rings is 2. The molecule has 31 heavy (non-hydrogen) atoms. The second-order valence-electron chi connectivity index (χ2n) is 7.63. The van der Waals surface area contributed by atoms with Gasteiger partial charge in [-0.15, -0.1) is 11.3 Å². The van der Waals surface area contributed by atoms with Crippen LogP contribution in [-0.4, -0.2) is 16.8 Å². The zero-order chi connectivity index (χ0) is 22.2. The van der Waals surface area contributed by atoms with Gasteiger partial charge in [0.25, 0.3) is 0 Å². The highest BCUT2D eigenvalue weighted by molar-refractivity contribution is 7.09. The highest BCUT2D eigenvalue weighted by atomic mass is 32.1. The molecule has 1 heterocycles. The van der Waals surface area contributed by atoms with Crippen LogP contribution in [0.15, 0.2) is 53.9 Å². The van der Waals surface area contributed by atoms with Gasteiger partial charge in [-0.05, 0) is 36.8 Å². The van der Waals surface area contributed by atoms with E-state index in [0.29, 0.717) is 13.2 Å². The van der Waals surface area contributed by atoms with Crippen molar-refractivity contribution in [3.05, 3.63) is 75.7 Å². The summed E-state index contributed by atoms with van der Waals surface area (Å²) in [5.41, 5.74) is 3.62. The van der Waals surface area contributed by atoms with Crippen molar-refractivity contribution in [2.45, 2.75) is 40.3 Å². The molecule has 7 heteroatoms. The third-order valence-electron chi connectivity index (χ3n) is 4.56. The summed E-state index contributed by atoms with van der Waals surface area (Å²) in [6.07, 6.45) is 0.226. The highest BCUT2D eigenvalue weighted by Crippen LogP contribution is 2.16. The van der Waals surface area contributed by atoms with Gasteiger partial charge in [-0.3, -0.25) is 9.59 Å². The summed E-state index contributed by atoms with van der Waals surface area (Å²) in [6, 6.07) is 15.3. The van der Waals surface area contributed by atoms with E-state index < -0.39 is 0 Å². The summed E-state index contributed by atoms with van der Waals surface area (Å²) in [4.78, 5) is 28.5. The van der Waals surface area contributed by atoms with Gasteiger partial charge in [0.1, 0.15) is 17.4 Å². The summed E-state index contributed by atoms with van der Waals surface area (Å²) in [5, 5.41) is 8.48. The van der Waals surface area contributed by atoms with Gasteiger partial charge in [0.15, 0.2) is 0 Å². The number of anilines is 1. The largest absolute Gasteiger partial charge is 0.486 e. The molecule has 2 amide bonds. The number of nitrogens with one attached hydrogen (secondary N) is 2. The van der Waals surface area contributed by atoms with E-state index in [1.165, 1.54) is 16.9 Å². The molecule has 0 fully saturated rings. The van der Waals surface area contributed by atoms with Crippen molar-refractivity contribution in [2.24, 2.45) is 5.92 Å². The van der Waals surface area contributed by atoms with Crippen LogP contribution in [0.5, 0.6) is 5.75 Å². The van der Waals surface area contributed by atoms with Gasteiger partial charge in [-0.2, -0.15) is 0 Å². The maximum atomic E-state index is 12.3. The Labute approximate surface area is 186 Å². The van der Waals surface area contributed by atoms with Crippen LogP contribution in [-0.2, 0) is 29.2 Å². The smallest absolute Gasteiger partial charge is 0.226 e. The predicted molar refractivity (Wildman–Crippen MR) is 123 cm³/mol. The van der Waals surface area contributed by atoms with Crippen molar-refractivity contribution >= 4 is 28.8 Å². The fourth-order valence-corrected chi connectivity index (χ4v) is 3.40. The minimum Gasteiger partial charge on any atom is -0.486 e. The second kappa shape index (κ2) is 10.7. The van der Waals surface area contributed by atoms with Crippen LogP contribution in [0.3, 0.4) is 0 Å². The zero-order valence-corrected chi connectivity index (χ0v) is 18.8. The Morgan fingerprint density at radius 2 is 1.77 bits per heavy atom. The zero-order valence-electron chi connectivity index (χ0n) is 18.0. The Bertz CT molecular complexity index is 1010. The van der Waals surface area contributed by atoms with Gasteiger partial charge < -0.3 is 15.4 Å². The van der Waals surface area contributed by atoms with Gasteiger partial charge in [-0.25, -0.2) is 4.98 Å². The van der Waals surface area contributed by atoms with Gasteiger partial charge in [0.2, 0.25) is 11.8 Å². The normalized spacial score (nSPS) is 10.7. The molecule has 3 aromatic rings. The number of thiazole rings is 1. The van der Waals surface area contributed by atoms with Crippen LogP contribution in [0.2, 0.25) is 0 Å². The number of hydrogen-bond acceptors (Lipinski definition) is 5. The summed E-state index contributed by atoms with van der Waals surface area (Å²) < 4.78 is 5.74. The number of nitrogens with zero attached hydrogens (tertiary/aromatic N) is 1. The van der Waals surface area contributed by atoms with E-state index in [1.807, 2.05) is 74.7 Å². The van der Waals surface area contributed by atoms with E-state index >= 15 is 0 Å². The molecule has 0 aliphatic carbocycles. The molecule has 2 aromatic carbocycles. The van der Waals surface area contributed by atoms with Crippen molar-refractivity contribution in [1.29, 1.82) is 0 Å². The lowest BCUT2D eigenvalue weighted by atomic mass is 10.1. The molecule has 0 saturated carbocycles. The molecule has 0 saturated heterocycles. The third-order valence-corrected chi connectivity index (χ3v) is 5.43. The molecule has 0 bridgehead atoms.